The number of benzene rings is 1. The van der Waals surface area contributed by atoms with Crippen molar-refractivity contribution in [3.63, 3.8) is 0 Å². The molecule has 0 amide bonds. The van der Waals surface area contributed by atoms with Crippen molar-refractivity contribution in [1.29, 1.82) is 0 Å². The van der Waals surface area contributed by atoms with E-state index < -0.39 is 0 Å². The van der Waals surface area contributed by atoms with Crippen molar-refractivity contribution >= 4 is 5.96 Å². The topological polar surface area (TPSA) is 45.7 Å². The van der Waals surface area contributed by atoms with E-state index in [9.17, 15) is 0 Å². The van der Waals surface area contributed by atoms with E-state index in [1.165, 1.54) is 18.4 Å². The summed E-state index contributed by atoms with van der Waals surface area (Å²) in [5.74, 6) is 2.12. The fraction of sp³-hybridized carbons (Fsp3) is 0.667. The summed E-state index contributed by atoms with van der Waals surface area (Å²) in [6.45, 7) is 11.4. The zero-order chi connectivity index (χ0) is 18.1. The molecule has 0 aromatic heterocycles. The summed E-state index contributed by atoms with van der Waals surface area (Å²) in [5.41, 5.74) is 1.27. The van der Waals surface area contributed by atoms with Crippen LogP contribution in [0.25, 0.3) is 0 Å². The fourth-order valence-electron chi connectivity index (χ4n) is 3.25. The summed E-state index contributed by atoms with van der Waals surface area (Å²) in [4.78, 5) is 4.85. The molecule has 1 aliphatic heterocycles. The Morgan fingerprint density at radius 3 is 2.64 bits per heavy atom. The molecule has 1 aromatic rings. The minimum Gasteiger partial charge on any atom is -0.373 e. The number of nitrogens with one attached hydrogen (secondary N) is 2. The molecule has 0 bridgehead atoms. The molecule has 2 rings (SSSR count). The normalized spacial score (nSPS) is 22.2. The highest BCUT2D eigenvalue weighted by atomic mass is 16.5. The van der Waals surface area contributed by atoms with Gasteiger partial charge in [0, 0.05) is 31.7 Å². The first kappa shape index (κ1) is 19.8. The van der Waals surface area contributed by atoms with Gasteiger partial charge in [0.15, 0.2) is 5.96 Å². The Hall–Kier alpha value is -1.55. The Kier molecular flexibility index (Phi) is 8.26. The molecule has 4 nitrogen and oxygen atoms in total. The lowest BCUT2D eigenvalue weighted by molar-refractivity contribution is 0.0925. The highest BCUT2D eigenvalue weighted by Crippen LogP contribution is 2.34. The third-order valence-corrected chi connectivity index (χ3v) is 4.73. The maximum Gasteiger partial charge on any atom is 0.191 e. The van der Waals surface area contributed by atoms with Gasteiger partial charge in [0.1, 0.15) is 0 Å². The van der Waals surface area contributed by atoms with Crippen molar-refractivity contribution in [2.75, 3.05) is 19.7 Å². The smallest absolute Gasteiger partial charge is 0.191 e. The largest absolute Gasteiger partial charge is 0.373 e. The van der Waals surface area contributed by atoms with E-state index in [1.807, 2.05) is 0 Å². The van der Waals surface area contributed by atoms with Gasteiger partial charge in [0.25, 0.3) is 0 Å². The third-order valence-electron chi connectivity index (χ3n) is 4.73. The van der Waals surface area contributed by atoms with Gasteiger partial charge in [0.2, 0.25) is 0 Å². The van der Waals surface area contributed by atoms with E-state index in [-0.39, 0.29) is 6.10 Å². The molecule has 3 atom stereocenters. The lowest BCUT2D eigenvalue weighted by Crippen LogP contribution is -2.42. The van der Waals surface area contributed by atoms with Gasteiger partial charge in [-0.15, -0.1) is 0 Å². The van der Waals surface area contributed by atoms with Gasteiger partial charge in [-0.25, -0.2) is 0 Å². The quantitative estimate of drug-likeness (QED) is 0.550. The average Bonchev–Trinajstić information content (AvgIpc) is 3.07. The lowest BCUT2D eigenvalue weighted by Gasteiger charge is -2.21. The number of rotatable bonds is 8. The molecule has 140 valence electrons. The van der Waals surface area contributed by atoms with Crippen LogP contribution in [0.15, 0.2) is 35.3 Å². The minimum atomic E-state index is 0.172. The second-order valence-electron chi connectivity index (χ2n) is 7.49. The SMILES string of the molecule is CCNC(=NCC1CCOC1c1ccccc1)NC(C)CCC(C)C. The molecular formula is C21H35N3O. The van der Waals surface area contributed by atoms with Crippen LogP contribution in [0.3, 0.4) is 0 Å². The molecule has 4 heteroatoms. The van der Waals surface area contributed by atoms with Gasteiger partial charge in [0.05, 0.1) is 6.10 Å². The van der Waals surface area contributed by atoms with Crippen LogP contribution in [0.4, 0.5) is 0 Å². The van der Waals surface area contributed by atoms with Crippen molar-refractivity contribution in [2.45, 2.75) is 59.1 Å². The minimum absolute atomic E-state index is 0.172. The Balaban J connectivity index is 1.93. The molecule has 1 aromatic carbocycles. The number of ether oxygens (including phenoxy) is 1. The van der Waals surface area contributed by atoms with Gasteiger partial charge in [-0.05, 0) is 44.6 Å². The van der Waals surface area contributed by atoms with Crippen LogP contribution in [-0.2, 0) is 4.74 Å². The first-order valence-electron chi connectivity index (χ1n) is 9.81. The van der Waals surface area contributed by atoms with Crippen molar-refractivity contribution in [3.05, 3.63) is 35.9 Å². The van der Waals surface area contributed by atoms with E-state index in [2.05, 4.69) is 68.7 Å². The highest BCUT2D eigenvalue weighted by molar-refractivity contribution is 5.80. The highest BCUT2D eigenvalue weighted by Gasteiger charge is 2.29. The second kappa shape index (κ2) is 10.4. The molecule has 0 saturated carbocycles. The number of aliphatic imine (C=N–C) groups is 1. The summed E-state index contributed by atoms with van der Waals surface area (Å²) in [6.07, 6.45) is 3.65. The predicted molar refractivity (Wildman–Crippen MR) is 106 cm³/mol. The van der Waals surface area contributed by atoms with Crippen LogP contribution in [0.1, 0.15) is 58.6 Å². The molecule has 2 N–H and O–H groups in total. The van der Waals surface area contributed by atoms with E-state index >= 15 is 0 Å². The second-order valence-corrected chi connectivity index (χ2v) is 7.49. The van der Waals surface area contributed by atoms with Crippen molar-refractivity contribution in [3.8, 4) is 0 Å². The van der Waals surface area contributed by atoms with Crippen molar-refractivity contribution in [2.24, 2.45) is 16.8 Å². The number of nitrogens with zero attached hydrogens (tertiary/aromatic N) is 1. The van der Waals surface area contributed by atoms with E-state index in [4.69, 9.17) is 9.73 Å². The van der Waals surface area contributed by atoms with Crippen LogP contribution < -0.4 is 10.6 Å². The molecular weight excluding hydrogens is 310 g/mol. The maximum absolute atomic E-state index is 5.98. The molecule has 0 aliphatic carbocycles. The number of hydrogen-bond donors (Lipinski definition) is 2. The van der Waals surface area contributed by atoms with Gasteiger partial charge >= 0.3 is 0 Å². The van der Waals surface area contributed by atoms with Crippen LogP contribution in [0.2, 0.25) is 0 Å². The Labute approximate surface area is 153 Å². The van der Waals surface area contributed by atoms with E-state index in [1.54, 1.807) is 0 Å². The number of guanidine groups is 1. The van der Waals surface area contributed by atoms with E-state index in [0.717, 1.165) is 38.0 Å². The first-order chi connectivity index (χ1) is 12.1. The molecule has 25 heavy (non-hydrogen) atoms. The zero-order valence-corrected chi connectivity index (χ0v) is 16.3. The summed E-state index contributed by atoms with van der Waals surface area (Å²) >= 11 is 0. The first-order valence-corrected chi connectivity index (χ1v) is 9.81. The van der Waals surface area contributed by atoms with Crippen LogP contribution in [0, 0.1) is 11.8 Å². The Morgan fingerprint density at radius 2 is 1.96 bits per heavy atom. The maximum atomic E-state index is 5.98. The van der Waals surface area contributed by atoms with Gasteiger partial charge in [-0.3, -0.25) is 4.99 Å². The molecule has 0 radical (unpaired) electrons. The van der Waals surface area contributed by atoms with Crippen LogP contribution in [0.5, 0.6) is 0 Å². The molecule has 3 unspecified atom stereocenters. The summed E-state index contributed by atoms with van der Waals surface area (Å²) in [6, 6.07) is 11.0. The summed E-state index contributed by atoms with van der Waals surface area (Å²) in [7, 11) is 0. The molecule has 0 spiro atoms. The Bertz CT molecular complexity index is 515. The molecule has 1 saturated heterocycles. The van der Waals surface area contributed by atoms with Gasteiger partial charge < -0.3 is 15.4 Å². The zero-order valence-electron chi connectivity index (χ0n) is 16.3. The van der Waals surface area contributed by atoms with E-state index in [0.29, 0.717) is 12.0 Å². The van der Waals surface area contributed by atoms with Crippen LogP contribution in [-0.4, -0.2) is 31.7 Å². The lowest BCUT2D eigenvalue weighted by atomic mass is 9.95. The van der Waals surface area contributed by atoms with Gasteiger partial charge in [-0.1, -0.05) is 44.2 Å². The third kappa shape index (κ3) is 6.69. The molecule has 1 heterocycles. The summed E-state index contributed by atoms with van der Waals surface area (Å²) < 4.78 is 5.98. The standard InChI is InChI=1S/C21H35N3O/c1-5-22-21(24-17(4)12-11-16(2)3)23-15-19-13-14-25-20(19)18-9-7-6-8-10-18/h6-10,16-17,19-20H,5,11-15H2,1-4H3,(H2,22,23,24). The van der Waals surface area contributed by atoms with Crippen LogP contribution >= 0.6 is 0 Å². The Morgan fingerprint density at radius 1 is 1.20 bits per heavy atom. The van der Waals surface area contributed by atoms with Crippen molar-refractivity contribution in [1.82, 2.24) is 10.6 Å². The monoisotopic (exact) mass is 345 g/mol. The van der Waals surface area contributed by atoms with Gasteiger partial charge in [-0.2, -0.15) is 0 Å². The average molecular weight is 346 g/mol. The molecule has 1 aliphatic rings. The summed E-state index contributed by atoms with van der Waals surface area (Å²) in [5, 5.41) is 6.93. The predicted octanol–water partition coefficient (Wildman–Crippen LogP) is 4.14. The fourth-order valence-corrected chi connectivity index (χ4v) is 3.25. The van der Waals surface area contributed by atoms with Crippen molar-refractivity contribution < 1.29 is 4.74 Å². The number of hydrogen-bond acceptors (Lipinski definition) is 2. The molecule has 1 fully saturated rings.